The number of carbonyl (C=O) groups excluding carboxylic acids is 1. The van der Waals surface area contributed by atoms with Gasteiger partial charge < -0.3 is 5.32 Å². The summed E-state index contributed by atoms with van der Waals surface area (Å²) in [5.74, 6) is -0.931. The molecule has 0 spiro atoms. The molecule has 1 amide bonds. The summed E-state index contributed by atoms with van der Waals surface area (Å²) in [7, 11) is 0. The average molecular weight is 359 g/mol. The van der Waals surface area contributed by atoms with Gasteiger partial charge in [-0.05, 0) is 24.8 Å². The van der Waals surface area contributed by atoms with Crippen molar-refractivity contribution in [2.75, 3.05) is 6.54 Å². The lowest BCUT2D eigenvalue weighted by atomic mass is 9.89. The predicted octanol–water partition coefficient (Wildman–Crippen LogP) is 3.42. The largest absolute Gasteiger partial charge is 0.352 e. The molecule has 1 fully saturated rings. The van der Waals surface area contributed by atoms with Gasteiger partial charge in [-0.2, -0.15) is 0 Å². The predicted molar refractivity (Wildman–Crippen MR) is 80.1 cm³/mol. The number of amides is 1. The average Bonchev–Trinajstić information content (AvgIpc) is 2.45. The summed E-state index contributed by atoms with van der Waals surface area (Å²) in [5.41, 5.74) is -0.445. The Morgan fingerprint density at radius 1 is 1.38 bits per heavy atom. The molecule has 1 aliphatic carbocycles. The molecule has 0 aliphatic heterocycles. The Kier molecular flexibility index (Phi) is 5.27. The SMILES string of the molecule is O=C(NCC1CCCCC1Br)c1cc(F)cc([N+](=O)[O-])c1. The number of alkyl halides is 1. The van der Waals surface area contributed by atoms with Crippen LogP contribution in [0.25, 0.3) is 0 Å². The highest BCUT2D eigenvalue weighted by Crippen LogP contribution is 2.29. The summed E-state index contributed by atoms with van der Waals surface area (Å²) in [6.45, 7) is 0.485. The second-order valence-corrected chi connectivity index (χ2v) is 6.40. The molecule has 0 aromatic heterocycles. The lowest BCUT2D eigenvalue weighted by Gasteiger charge is -2.27. The van der Waals surface area contributed by atoms with E-state index in [9.17, 15) is 19.3 Å². The highest BCUT2D eigenvalue weighted by molar-refractivity contribution is 9.09. The van der Waals surface area contributed by atoms with Crippen LogP contribution in [0.15, 0.2) is 18.2 Å². The van der Waals surface area contributed by atoms with Crippen LogP contribution < -0.4 is 5.32 Å². The van der Waals surface area contributed by atoms with Crippen LogP contribution in [0, 0.1) is 21.8 Å². The van der Waals surface area contributed by atoms with Crippen LogP contribution in [0.1, 0.15) is 36.0 Å². The van der Waals surface area contributed by atoms with Crippen LogP contribution >= 0.6 is 15.9 Å². The lowest BCUT2D eigenvalue weighted by Crippen LogP contribution is -2.34. The minimum atomic E-state index is -0.787. The number of hydrogen-bond donors (Lipinski definition) is 1. The van der Waals surface area contributed by atoms with Crippen LogP contribution in [0.5, 0.6) is 0 Å². The number of nitro benzene ring substituents is 1. The molecule has 0 saturated heterocycles. The van der Waals surface area contributed by atoms with E-state index in [0.717, 1.165) is 37.5 Å². The van der Waals surface area contributed by atoms with Gasteiger partial charge in [-0.15, -0.1) is 0 Å². The van der Waals surface area contributed by atoms with Gasteiger partial charge >= 0.3 is 0 Å². The van der Waals surface area contributed by atoms with E-state index in [0.29, 0.717) is 17.3 Å². The number of halogens is 2. The van der Waals surface area contributed by atoms with Crippen molar-refractivity contribution in [2.24, 2.45) is 5.92 Å². The molecule has 2 atom stereocenters. The number of nitro groups is 1. The molecule has 2 unspecified atom stereocenters. The van der Waals surface area contributed by atoms with Crippen LogP contribution in [-0.4, -0.2) is 22.2 Å². The third kappa shape index (κ3) is 4.23. The first-order chi connectivity index (χ1) is 9.97. The highest BCUT2D eigenvalue weighted by Gasteiger charge is 2.23. The molecule has 21 heavy (non-hydrogen) atoms. The molecule has 2 rings (SSSR count). The third-order valence-corrected chi connectivity index (χ3v) is 4.90. The van der Waals surface area contributed by atoms with E-state index in [1.165, 1.54) is 6.42 Å². The van der Waals surface area contributed by atoms with E-state index in [1.54, 1.807) is 0 Å². The van der Waals surface area contributed by atoms with Crippen LogP contribution in [0.4, 0.5) is 10.1 Å². The van der Waals surface area contributed by atoms with Crippen molar-refractivity contribution in [3.05, 3.63) is 39.7 Å². The van der Waals surface area contributed by atoms with Gasteiger partial charge in [0.05, 0.1) is 11.0 Å². The Hall–Kier alpha value is -1.50. The number of non-ortho nitro benzene ring substituents is 1. The van der Waals surface area contributed by atoms with Crippen molar-refractivity contribution >= 4 is 27.5 Å². The van der Waals surface area contributed by atoms with Gasteiger partial charge in [-0.25, -0.2) is 4.39 Å². The van der Waals surface area contributed by atoms with Gasteiger partial charge in [0.25, 0.3) is 11.6 Å². The molecule has 1 aromatic rings. The zero-order chi connectivity index (χ0) is 15.4. The summed E-state index contributed by atoms with van der Waals surface area (Å²) in [6, 6.07) is 2.89. The molecule has 1 saturated carbocycles. The standard InChI is InChI=1S/C14H16BrFN2O3/c15-13-4-2-1-3-9(13)8-17-14(19)10-5-11(16)7-12(6-10)18(20)21/h5-7,9,13H,1-4,8H2,(H,17,19). The zero-order valence-corrected chi connectivity index (χ0v) is 12.9. The molecule has 1 aliphatic rings. The van der Waals surface area contributed by atoms with Crippen LogP contribution in [-0.2, 0) is 0 Å². The monoisotopic (exact) mass is 358 g/mol. The fourth-order valence-electron chi connectivity index (χ4n) is 2.53. The van der Waals surface area contributed by atoms with Crippen molar-refractivity contribution in [3.63, 3.8) is 0 Å². The number of nitrogens with one attached hydrogen (secondary N) is 1. The summed E-state index contributed by atoms with van der Waals surface area (Å²) >= 11 is 3.60. The summed E-state index contributed by atoms with van der Waals surface area (Å²) in [6.07, 6.45) is 4.41. The molecule has 5 nitrogen and oxygen atoms in total. The minimum Gasteiger partial charge on any atom is -0.352 e. The van der Waals surface area contributed by atoms with Gasteiger partial charge in [-0.3, -0.25) is 14.9 Å². The summed E-state index contributed by atoms with van der Waals surface area (Å²) in [5, 5.41) is 13.4. The van der Waals surface area contributed by atoms with E-state index < -0.39 is 22.3 Å². The Morgan fingerprint density at radius 2 is 2.10 bits per heavy atom. The van der Waals surface area contributed by atoms with Crippen LogP contribution in [0.3, 0.4) is 0 Å². The number of benzene rings is 1. The zero-order valence-electron chi connectivity index (χ0n) is 11.4. The fourth-order valence-corrected chi connectivity index (χ4v) is 3.30. The van der Waals surface area contributed by atoms with Gasteiger partial charge in [0.1, 0.15) is 5.82 Å². The van der Waals surface area contributed by atoms with Crippen LogP contribution in [0.2, 0.25) is 0 Å². The van der Waals surface area contributed by atoms with E-state index in [4.69, 9.17) is 0 Å². The minimum absolute atomic E-state index is 0.0244. The quantitative estimate of drug-likeness (QED) is 0.509. The number of carbonyl (C=O) groups is 1. The lowest BCUT2D eigenvalue weighted by molar-refractivity contribution is -0.385. The first-order valence-electron chi connectivity index (χ1n) is 6.84. The Morgan fingerprint density at radius 3 is 2.76 bits per heavy atom. The van der Waals surface area contributed by atoms with Gasteiger partial charge in [0.2, 0.25) is 0 Å². The molecular formula is C14H16BrFN2O3. The van der Waals surface area contributed by atoms with Gasteiger partial charge in [0.15, 0.2) is 0 Å². The number of nitrogens with zero attached hydrogens (tertiary/aromatic N) is 1. The second kappa shape index (κ2) is 6.98. The molecule has 1 aromatic carbocycles. The first-order valence-corrected chi connectivity index (χ1v) is 7.76. The van der Waals surface area contributed by atoms with E-state index in [1.807, 2.05) is 0 Å². The normalized spacial score (nSPS) is 21.8. The van der Waals surface area contributed by atoms with Gasteiger partial charge in [0, 0.05) is 23.0 Å². The molecule has 0 radical (unpaired) electrons. The van der Waals surface area contributed by atoms with Crippen molar-refractivity contribution < 1.29 is 14.1 Å². The van der Waals surface area contributed by atoms with Gasteiger partial charge in [-0.1, -0.05) is 28.8 Å². The highest BCUT2D eigenvalue weighted by atomic mass is 79.9. The maximum atomic E-state index is 13.3. The maximum Gasteiger partial charge on any atom is 0.273 e. The summed E-state index contributed by atoms with van der Waals surface area (Å²) in [4.78, 5) is 22.3. The second-order valence-electron chi connectivity index (χ2n) is 5.23. The molecular weight excluding hydrogens is 343 g/mol. The Bertz CT molecular complexity index is 553. The Labute approximate surface area is 130 Å². The smallest absolute Gasteiger partial charge is 0.273 e. The molecule has 0 bridgehead atoms. The van der Waals surface area contributed by atoms with E-state index in [-0.39, 0.29) is 5.56 Å². The molecule has 114 valence electrons. The van der Waals surface area contributed by atoms with E-state index >= 15 is 0 Å². The fraction of sp³-hybridized carbons (Fsp3) is 0.500. The molecule has 1 N–H and O–H groups in total. The van der Waals surface area contributed by atoms with Crippen molar-refractivity contribution in [2.45, 2.75) is 30.5 Å². The first kappa shape index (κ1) is 15.9. The molecule has 7 heteroatoms. The summed E-state index contributed by atoms with van der Waals surface area (Å²) < 4.78 is 13.3. The topological polar surface area (TPSA) is 72.2 Å². The van der Waals surface area contributed by atoms with E-state index in [2.05, 4.69) is 21.2 Å². The maximum absolute atomic E-state index is 13.3. The number of hydrogen-bond acceptors (Lipinski definition) is 3. The van der Waals surface area contributed by atoms with Crippen molar-refractivity contribution in [1.82, 2.24) is 5.32 Å². The Balaban J connectivity index is 2.01. The third-order valence-electron chi connectivity index (χ3n) is 3.70. The molecule has 0 heterocycles. The van der Waals surface area contributed by atoms with Crippen molar-refractivity contribution in [3.8, 4) is 0 Å². The van der Waals surface area contributed by atoms with Crippen molar-refractivity contribution in [1.29, 1.82) is 0 Å². The number of rotatable bonds is 4.